The van der Waals surface area contributed by atoms with E-state index < -0.39 is 21.5 Å². The molecule has 254 valence electrons. The lowest BCUT2D eigenvalue weighted by atomic mass is 9.80. The summed E-state index contributed by atoms with van der Waals surface area (Å²) in [5.41, 5.74) is 0.372. The molecule has 6 rings (SSSR count). The zero-order chi connectivity index (χ0) is 34.9. The number of piperazine rings is 1. The highest BCUT2D eigenvalue weighted by Crippen LogP contribution is 2.54. The third-order valence-corrected chi connectivity index (χ3v) is 10.6. The van der Waals surface area contributed by atoms with Gasteiger partial charge in [-0.25, -0.2) is 12.7 Å². The summed E-state index contributed by atoms with van der Waals surface area (Å²) in [6, 6.07) is 20.1. The van der Waals surface area contributed by atoms with Crippen LogP contribution in [0, 0.1) is 11.3 Å². The Morgan fingerprint density at radius 3 is 2.12 bits per heavy atom. The summed E-state index contributed by atoms with van der Waals surface area (Å²) in [6.07, 6.45) is 3.17. The van der Waals surface area contributed by atoms with Gasteiger partial charge in [-0.15, -0.1) is 0 Å². The van der Waals surface area contributed by atoms with Crippen molar-refractivity contribution in [3.05, 3.63) is 95.8 Å². The predicted octanol–water partition coefficient (Wildman–Crippen LogP) is 4.57. The fourth-order valence-corrected chi connectivity index (χ4v) is 8.24. The number of anilines is 2. The molecule has 12 nitrogen and oxygen atoms in total. The molecular formula is C36H37N5O7S. The number of nitrogens with zero attached hydrogens (tertiary/aromatic N) is 5. The Morgan fingerprint density at radius 2 is 1.49 bits per heavy atom. The molecule has 2 aliphatic heterocycles. The van der Waals surface area contributed by atoms with Gasteiger partial charge in [0.2, 0.25) is 0 Å². The molecule has 1 atom stereocenters. The lowest BCUT2D eigenvalue weighted by Gasteiger charge is -2.46. The number of sulfonamides is 1. The van der Waals surface area contributed by atoms with Gasteiger partial charge in [-0.3, -0.25) is 14.7 Å². The fraction of sp³-hybridized carbons (Fsp3) is 0.306. The van der Waals surface area contributed by atoms with Crippen LogP contribution in [-0.4, -0.2) is 77.8 Å². The molecule has 1 aromatic heterocycles. The number of carbonyl (C=O) groups is 1. The third kappa shape index (κ3) is 5.66. The van der Waals surface area contributed by atoms with Crippen molar-refractivity contribution in [3.8, 4) is 29.1 Å². The summed E-state index contributed by atoms with van der Waals surface area (Å²) >= 11 is 0. The quantitative estimate of drug-likeness (QED) is 0.233. The minimum absolute atomic E-state index is 0.0102. The van der Waals surface area contributed by atoms with Gasteiger partial charge in [-0.05, 0) is 74.5 Å². The van der Waals surface area contributed by atoms with Crippen molar-refractivity contribution in [2.45, 2.75) is 30.4 Å². The van der Waals surface area contributed by atoms with Crippen LogP contribution in [0.4, 0.5) is 11.4 Å². The Labute approximate surface area is 286 Å². The van der Waals surface area contributed by atoms with Gasteiger partial charge in [-0.2, -0.15) is 5.26 Å². The fourth-order valence-electron chi connectivity index (χ4n) is 6.64. The molecule has 1 saturated heterocycles. The van der Waals surface area contributed by atoms with E-state index in [1.165, 1.54) is 51.7 Å². The molecule has 0 N–H and O–H groups in total. The summed E-state index contributed by atoms with van der Waals surface area (Å²) < 4.78 is 53.2. The van der Waals surface area contributed by atoms with E-state index in [2.05, 4.69) is 16.0 Å². The first-order chi connectivity index (χ1) is 23.6. The highest BCUT2D eigenvalue weighted by molar-refractivity contribution is 7.93. The molecule has 0 saturated carbocycles. The second kappa shape index (κ2) is 13.3. The van der Waals surface area contributed by atoms with Gasteiger partial charge < -0.3 is 23.8 Å². The topological polar surface area (TPSA) is 135 Å². The number of carbonyl (C=O) groups excluding carboxylic acids is 1. The Balaban J connectivity index is 1.62. The van der Waals surface area contributed by atoms with Gasteiger partial charge in [0, 0.05) is 61.5 Å². The summed E-state index contributed by atoms with van der Waals surface area (Å²) in [5.74, 6) is 0.488. The van der Waals surface area contributed by atoms with Gasteiger partial charge in [0.15, 0.2) is 5.54 Å². The largest absolute Gasteiger partial charge is 0.497 e. The van der Waals surface area contributed by atoms with E-state index >= 15 is 4.79 Å². The number of aromatic nitrogens is 1. The van der Waals surface area contributed by atoms with Crippen LogP contribution in [0.3, 0.4) is 0 Å². The molecule has 49 heavy (non-hydrogen) atoms. The van der Waals surface area contributed by atoms with E-state index in [0.29, 0.717) is 54.6 Å². The number of methoxy groups -OCH3 is 3. The normalized spacial score (nSPS) is 17.9. The molecule has 0 aliphatic carbocycles. The number of benzene rings is 3. The van der Waals surface area contributed by atoms with E-state index in [0.717, 1.165) is 9.99 Å². The monoisotopic (exact) mass is 683 g/mol. The summed E-state index contributed by atoms with van der Waals surface area (Å²) in [7, 11) is -0.272. The average molecular weight is 684 g/mol. The Morgan fingerprint density at radius 1 is 0.816 bits per heavy atom. The Kier molecular flexibility index (Phi) is 9.11. The van der Waals surface area contributed by atoms with Crippen LogP contribution in [0.5, 0.6) is 23.0 Å². The lowest BCUT2D eigenvalue weighted by Crippen LogP contribution is -2.60. The molecule has 0 radical (unpaired) electrons. The highest BCUT2D eigenvalue weighted by atomic mass is 32.2. The average Bonchev–Trinajstić information content (AvgIpc) is 3.39. The van der Waals surface area contributed by atoms with Crippen LogP contribution in [0.25, 0.3) is 0 Å². The van der Waals surface area contributed by atoms with Crippen molar-refractivity contribution in [1.82, 2.24) is 9.88 Å². The standard InChI is InChI=1S/C36H37N5O7S/c1-24(2)48-32-10-7-27(45-3)21-30(32)36(40-18-16-39(17-19-40)26-12-14-38-15-13-26)29-20-25(23-37)6-9-31(29)41(35(36)42)49(43,44)34-11-8-28(46-4)22-33(34)47-5/h6-15,20-22,24H,16-19H2,1-5H3. The van der Waals surface area contributed by atoms with Crippen molar-refractivity contribution in [3.63, 3.8) is 0 Å². The number of nitriles is 1. The summed E-state index contributed by atoms with van der Waals surface area (Å²) in [4.78, 5) is 23.6. The maximum Gasteiger partial charge on any atom is 0.274 e. The SMILES string of the molecule is COc1ccc(S(=O)(=O)N2C(=O)C(c3cc(OC)ccc3OC(C)C)(N3CCN(c4ccncc4)CC3)c3cc(C#N)ccc32)c(OC)c1. The molecule has 4 aromatic rings. The first-order valence-corrected chi connectivity index (χ1v) is 17.2. The van der Waals surface area contributed by atoms with Crippen LogP contribution in [0.1, 0.15) is 30.5 Å². The van der Waals surface area contributed by atoms with Crippen molar-refractivity contribution in [2.75, 3.05) is 56.7 Å². The number of hydrogen-bond acceptors (Lipinski definition) is 11. The smallest absolute Gasteiger partial charge is 0.274 e. The van der Waals surface area contributed by atoms with Crippen LogP contribution < -0.4 is 28.2 Å². The zero-order valence-corrected chi connectivity index (χ0v) is 28.7. The molecule has 1 unspecified atom stereocenters. The number of amides is 1. The number of rotatable bonds is 10. The lowest BCUT2D eigenvalue weighted by molar-refractivity contribution is -0.127. The first-order valence-electron chi connectivity index (χ1n) is 15.7. The maximum absolute atomic E-state index is 15.6. The van der Waals surface area contributed by atoms with Gasteiger partial charge in [0.05, 0.1) is 44.8 Å². The third-order valence-electron chi connectivity index (χ3n) is 8.84. The van der Waals surface area contributed by atoms with E-state index in [9.17, 15) is 13.7 Å². The van der Waals surface area contributed by atoms with Crippen LogP contribution in [0.15, 0.2) is 84.0 Å². The molecule has 13 heteroatoms. The van der Waals surface area contributed by atoms with Crippen molar-refractivity contribution in [2.24, 2.45) is 0 Å². The second-order valence-corrected chi connectivity index (χ2v) is 13.6. The second-order valence-electron chi connectivity index (χ2n) is 11.9. The Bertz CT molecular complexity index is 2030. The van der Waals surface area contributed by atoms with Crippen molar-refractivity contribution >= 4 is 27.3 Å². The molecule has 3 aromatic carbocycles. The summed E-state index contributed by atoms with van der Waals surface area (Å²) in [5, 5.41) is 10.1. The minimum atomic E-state index is -4.61. The number of fused-ring (bicyclic) bond motifs is 1. The minimum Gasteiger partial charge on any atom is -0.497 e. The van der Waals surface area contributed by atoms with E-state index in [4.69, 9.17) is 18.9 Å². The summed E-state index contributed by atoms with van der Waals surface area (Å²) in [6.45, 7) is 5.52. The van der Waals surface area contributed by atoms with Gasteiger partial charge in [0.25, 0.3) is 15.9 Å². The first kappa shape index (κ1) is 33.6. The number of pyridine rings is 1. The van der Waals surface area contributed by atoms with Crippen molar-refractivity contribution in [1.29, 1.82) is 5.26 Å². The van der Waals surface area contributed by atoms with Gasteiger partial charge in [-0.1, -0.05) is 0 Å². The van der Waals surface area contributed by atoms with E-state index in [1.54, 1.807) is 36.7 Å². The molecule has 1 fully saturated rings. The van der Waals surface area contributed by atoms with Crippen LogP contribution >= 0.6 is 0 Å². The van der Waals surface area contributed by atoms with Crippen LogP contribution in [0.2, 0.25) is 0 Å². The molecule has 0 spiro atoms. The Hall–Kier alpha value is -5.32. The zero-order valence-electron chi connectivity index (χ0n) is 27.9. The van der Waals surface area contributed by atoms with Crippen LogP contribution in [-0.2, 0) is 20.4 Å². The molecular weight excluding hydrogens is 646 g/mol. The maximum atomic E-state index is 15.6. The number of hydrogen-bond donors (Lipinski definition) is 0. The van der Waals surface area contributed by atoms with Gasteiger partial charge >= 0.3 is 0 Å². The molecule has 2 aliphatic rings. The highest BCUT2D eigenvalue weighted by Gasteiger charge is 2.61. The molecule has 0 bridgehead atoms. The number of ether oxygens (including phenoxy) is 4. The predicted molar refractivity (Wildman–Crippen MR) is 183 cm³/mol. The van der Waals surface area contributed by atoms with Gasteiger partial charge in [0.1, 0.15) is 27.9 Å². The van der Waals surface area contributed by atoms with Crippen molar-refractivity contribution < 1.29 is 32.2 Å². The molecule has 1 amide bonds. The van der Waals surface area contributed by atoms with E-state index in [1.807, 2.05) is 30.9 Å². The van der Waals surface area contributed by atoms with E-state index in [-0.39, 0.29) is 28.0 Å². The molecule has 3 heterocycles.